The van der Waals surface area contributed by atoms with Crippen LogP contribution in [0, 0.1) is 5.92 Å². The third kappa shape index (κ3) is 7.66. The first-order valence-electron chi connectivity index (χ1n) is 20.3. The quantitative estimate of drug-likeness (QED) is 0.220. The molecule has 5 aliphatic heterocycles. The number of anilines is 4. The van der Waals surface area contributed by atoms with E-state index in [-0.39, 0.29) is 61.7 Å². The second-order valence-electron chi connectivity index (χ2n) is 16.3. The predicted molar refractivity (Wildman–Crippen MR) is 212 cm³/mol. The van der Waals surface area contributed by atoms with E-state index in [0.717, 1.165) is 75.4 Å². The van der Waals surface area contributed by atoms with Gasteiger partial charge in [0.25, 0.3) is 17.7 Å². The Balaban J connectivity index is 0.805. The van der Waals surface area contributed by atoms with Gasteiger partial charge in [-0.2, -0.15) is 0 Å². The lowest BCUT2D eigenvalue weighted by molar-refractivity contribution is -0.136. The van der Waals surface area contributed by atoms with Crippen LogP contribution >= 0.6 is 0 Å². The number of imide groups is 1. The van der Waals surface area contributed by atoms with Crippen LogP contribution in [0.5, 0.6) is 0 Å². The number of hydrogen-bond donors (Lipinski definition) is 3. The molecule has 4 N–H and O–H groups in total. The van der Waals surface area contributed by atoms with Crippen molar-refractivity contribution in [1.29, 1.82) is 0 Å². The van der Waals surface area contributed by atoms with Crippen molar-refractivity contribution in [2.75, 3.05) is 66.7 Å². The summed E-state index contributed by atoms with van der Waals surface area (Å²) in [7, 11) is 0. The highest BCUT2D eigenvalue weighted by molar-refractivity contribution is 6.06. The Morgan fingerprint density at radius 2 is 1.69 bits per heavy atom. The number of alkyl halides is 2. The Kier molecular flexibility index (Phi) is 9.94. The van der Waals surface area contributed by atoms with Gasteiger partial charge in [0.05, 0.1) is 17.1 Å². The first-order chi connectivity index (χ1) is 28.0. The maximum atomic E-state index is 14.1. The van der Waals surface area contributed by atoms with E-state index in [2.05, 4.69) is 36.5 Å². The number of carbonyl (C=O) groups is 4. The van der Waals surface area contributed by atoms with Gasteiger partial charge in [0, 0.05) is 100 Å². The van der Waals surface area contributed by atoms with Gasteiger partial charge in [-0.25, -0.2) is 23.7 Å². The summed E-state index contributed by atoms with van der Waals surface area (Å²) in [6.07, 6.45) is 9.32. The minimum Gasteiger partial charge on any atom is -0.371 e. The summed E-state index contributed by atoms with van der Waals surface area (Å²) >= 11 is 0. The number of hydrogen-bond acceptors (Lipinski definition) is 11. The topological polar surface area (TPSA) is 174 Å². The molecule has 0 spiro atoms. The van der Waals surface area contributed by atoms with Crippen molar-refractivity contribution in [2.24, 2.45) is 5.92 Å². The fourth-order valence-electron chi connectivity index (χ4n) is 9.25. The second-order valence-corrected chi connectivity index (χ2v) is 16.3. The molecule has 0 saturated carbocycles. The number of pyridine rings is 1. The summed E-state index contributed by atoms with van der Waals surface area (Å²) in [6.45, 7) is 5.46. The van der Waals surface area contributed by atoms with Crippen LogP contribution in [-0.4, -0.2) is 111 Å². The van der Waals surface area contributed by atoms with E-state index in [0.29, 0.717) is 41.5 Å². The van der Waals surface area contributed by atoms with Crippen LogP contribution < -0.4 is 26.2 Å². The number of fused-ring (bicyclic) bond motifs is 2. The molecule has 4 aromatic rings. The average molecular weight is 796 g/mol. The summed E-state index contributed by atoms with van der Waals surface area (Å²) < 4.78 is 30.1. The number of aromatic nitrogens is 4. The third-order valence-electron chi connectivity index (χ3n) is 12.6. The molecule has 304 valence electrons. The highest BCUT2D eigenvalue weighted by Crippen LogP contribution is 2.37. The monoisotopic (exact) mass is 795 g/mol. The summed E-state index contributed by atoms with van der Waals surface area (Å²) in [6, 6.07) is 8.77. The second kappa shape index (κ2) is 15.2. The Morgan fingerprint density at radius 1 is 0.914 bits per heavy atom. The summed E-state index contributed by atoms with van der Waals surface area (Å²) in [5, 5.41) is 5.30. The molecule has 8 heterocycles. The highest BCUT2D eigenvalue weighted by Gasteiger charge is 2.40. The largest absolute Gasteiger partial charge is 0.371 e. The smallest absolute Gasteiger partial charge is 0.274 e. The number of nitrogens with two attached hydrogens (primary N) is 1. The summed E-state index contributed by atoms with van der Waals surface area (Å²) in [5.74, 6) is -3.21. The van der Waals surface area contributed by atoms with Crippen LogP contribution in [0.1, 0.15) is 89.4 Å². The summed E-state index contributed by atoms with van der Waals surface area (Å²) in [4.78, 5) is 72.0. The molecule has 4 amide bonds. The van der Waals surface area contributed by atoms with E-state index in [1.807, 2.05) is 33.7 Å². The number of piperidine rings is 4. The molecule has 15 nitrogen and oxygen atoms in total. The molecule has 4 saturated heterocycles. The van der Waals surface area contributed by atoms with E-state index >= 15 is 0 Å². The Bertz CT molecular complexity index is 2260. The number of rotatable bonds is 8. The lowest BCUT2D eigenvalue weighted by atomic mass is 9.91. The standard InChI is InChI=1S/C41H47F2N11O4/c42-41(43)10-17-52(18-11-41)34-20-35-46-31(23-53(35)24-32(34)47-37(56)30-5-12-45-40(44)48-30)26-8-13-50(14-9-26)21-25-6-15-51(16-7-25)28-2-1-27-22-54(39(58)29(27)19-28)33-3-4-36(55)49-38(33)57/h1-2,5,12,19-20,23-26,33H,3-4,6-11,13-18,21-22H2,(H,47,56)(H2,44,45,48)(H,49,55,57). The number of likely N-dealkylation sites (tertiary alicyclic amines) is 1. The number of carbonyl (C=O) groups excluding carboxylic acids is 4. The van der Waals surface area contributed by atoms with Gasteiger partial charge >= 0.3 is 0 Å². The first kappa shape index (κ1) is 37.8. The average Bonchev–Trinajstić information content (AvgIpc) is 3.78. The fourth-order valence-corrected chi connectivity index (χ4v) is 9.25. The van der Waals surface area contributed by atoms with Crippen molar-refractivity contribution in [1.82, 2.24) is 34.5 Å². The van der Waals surface area contributed by atoms with Gasteiger partial charge in [0.1, 0.15) is 17.4 Å². The minimum atomic E-state index is -2.72. The van der Waals surface area contributed by atoms with Gasteiger partial charge in [0.15, 0.2) is 0 Å². The predicted octanol–water partition coefficient (Wildman–Crippen LogP) is 4.05. The van der Waals surface area contributed by atoms with E-state index in [1.165, 1.54) is 12.3 Å². The van der Waals surface area contributed by atoms with Crippen LogP contribution in [0.15, 0.2) is 48.9 Å². The number of halogens is 2. The maximum Gasteiger partial charge on any atom is 0.274 e. The first-order valence-corrected chi connectivity index (χ1v) is 20.3. The molecular weight excluding hydrogens is 749 g/mol. The molecule has 58 heavy (non-hydrogen) atoms. The molecule has 1 aromatic carbocycles. The zero-order valence-electron chi connectivity index (χ0n) is 32.2. The molecule has 3 aromatic heterocycles. The number of nitrogens with one attached hydrogen (secondary N) is 2. The molecular formula is C41H47F2N11O4. The van der Waals surface area contributed by atoms with Crippen molar-refractivity contribution in [3.8, 4) is 0 Å². The lowest BCUT2D eigenvalue weighted by Crippen LogP contribution is -2.52. The van der Waals surface area contributed by atoms with E-state index in [9.17, 15) is 28.0 Å². The number of nitrogens with zero attached hydrogens (tertiary/aromatic N) is 8. The molecule has 4 fully saturated rings. The Hall–Kier alpha value is -5.71. The zero-order chi connectivity index (χ0) is 40.1. The SMILES string of the molecule is Nc1nccc(C(=O)Nc2cn3cc(C4CCN(CC5CCN(c6ccc7c(c6)C(=O)N(C6CCC(=O)NC6=O)C7)CC5)CC4)nc3cc2N2CCC(F)(F)CC2)n1. The van der Waals surface area contributed by atoms with Crippen LogP contribution in [0.4, 0.5) is 31.8 Å². The summed E-state index contributed by atoms with van der Waals surface area (Å²) in [5.41, 5.74) is 11.2. The Morgan fingerprint density at radius 3 is 2.43 bits per heavy atom. The number of amides is 4. The maximum absolute atomic E-state index is 14.1. The Labute approximate surface area is 334 Å². The molecule has 1 unspecified atom stereocenters. The molecule has 0 aliphatic carbocycles. The van der Waals surface area contributed by atoms with Crippen molar-refractivity contribution in [3.63, 3.8) is 0 Å². The van der Waals surface area contributed by atoms with E-state index in [4.69, 9.17) is 10.7 Å². The number of nitrogen functional groups attached to an aromatic ring is 1. The van der Waals surface area contributed by atoms with Gasteiger partial charge < -0.3 is 35.1 Å². The van der Waals surface area contributed by atoms with E-state index < -0.39 is 23.8 Å². The molecule has 5 aliphatic rings. The van der Waals surface area contributed by atoms with Gasteiger partial charge in [0.2, 0.25) is 17.8 Å². The van der Waals surface area contributed by atoms with Gasteiger partial charge in [-0.3, -0.25) is 24.5 Å². The van der Waals surface area contributed by atoms with Gasteiger partial charge in [-0.1, -0.05) is 6.07 Å². The number of benzene rings is 1. The lowest BCUT2D eigenvalue weighted by Gasteiger charge is -2.38. The van der Waals surface area contributed by atoms with Crippen LogP contribution in [-0.2, 0) is 16.1 Å². The zero-order valence-corrected chi connectivity index (χ0v) is 32.2. The van der Waals surface area contributed by atoms with Crippen LogP contribution in [0.25, 0.3) is 5.65 Å². The molecule has 1 atom stereocenters. The van der Waals surface area contributed by atoms with Crippen LogP contribution in [0.3, 0.4) is 0 Å². The van der Waals surface area contributed by atoms with Crippen molar-refractivity contribution >= 4 is 52.3 Å². The third-order valence-corrected chi connectivity index (χ3v) is 12.6. The molecule has 0 radical (unpaired) electrons. The minimum absolute atomic E-state index is 0.0217. The highest BCUT2D eigenvalue weighted by atomic mass is 19.3. The molecule has 9 rings (SSSR count). The van der Waals surface area contributed by atoms with Crippen molar-refractivity contribution in [3.05, 3.63) is 71.4 Å². The number of imidazole rings is 1. The van der Waals surface area contributed by atoms with Gasteiger partial charge in [-0.05, 0) is 74.9 Å². The van der Waals surface area contributed by atoms with Crippen molar-refractivity contribution in [2.45, 2.75) is 75.8 Å². The van der Waals surface area contributed by atoms with Crippen LogP contribution in [0.2, 0.25) is 0 Å². The van der Waals surface area contributed by atoms with E-state index in [1.54, 1.807) is 11.1 Å². The van der Waals surface area contributed by atoms with Crippen molar-refractivity contribution < 1.29 is 28.0 Å². The van der Waals surface area contributed by atoms with Gasteiger partial charge in [-0.15, -0.1) is 0 Å². The fraction of sp³-hybridized carbons (Fsp3) is 0.488. The molecule has 0 bridgehead atoms. The molecule has 17 heteroatoms. The normalized spacial score (nSPS) is 22.1.